The van der Waals surface area contributed by atoms with Gasteiger partial charge in [0.25, 0.3) is 5.91 Å². The molecule has 0 aliphatic heterocycles. The van der Waals surface area contributed by atoms with Gasteiger partial charge in [0.1, 0.15) is 11.6 Å². The summed E-state index contributed by atoms with van der Waals surface area (Å²) in [7, 11) is 3.89. The molecule has 174 valence electrons. The van der Waals surface area contributed by atoms with Crippen molar-refractivity contribution in [3.05, 3.63) is 41.6 Å². The molecule has 2 aromatic rings. The Morgan fingerprint density at radius 2 is 1.81 bits per heavy atom. The Morgan fingerprint density at radius 1 is 1.16 bits per heavy atom. The summed E-state index contributed by atoms with van der Waals surface area (Å²) in [6, 6.07) is 4.98. The van der Waals surface area contributed by atoms with Crippen LogP contribution in [0.15, 0.2) is 30.5 Å². The first-order valence-electron chi connectivity index (χ1n) is 10.5. The number of aryl methyl sites for hydroxylation is 1. The highest BCUT2D eigenvalue weighted by molar-refractivity contribution is 5.94. The third-order valence-electron chi connectivity index (χ3n) is 5.45. The van der Waals surface area contributed by atoms with Crippen molar-refractivity contribution in [2.75, 3.05) is 30.9 Å². The first kappa shape index (κ1) is 23.6. The standard InChI is InChI=1S/C22H28F3N5O2/c1-14-12-26-21(29-19(14)30(2)3)27-13-15-4-8-17(9-5-15)28-20(31)16-6-10-18(11-7-16)32-22(23,24)25/h6-7,10-12,15,17H,4-5,8-9,13H2,1-3H3,(H,28,31)(H,26,27,29). The number of carbonyl (C=O) groups is 1. The summed E-state index contributed by atoms with van der Waals surface area (Å²) in [4.78, 5) is 23.2. The number of rotatable bonds is 7. The van der Waals surface area contributed by atoms with E-state index < -0.39 is 6.36 Å². The number of carbonyl (C=O) groups excluding carboxylic acids is 1. The Morgan fingerprint density at radius 3 is 2.41 bits per heavy atom. The Kier molecular flexibility index (Phi) is 7.42. The predicted molar refractivity (Wildman–Crippen MR) is 116 cm³/mol. The molecular weight excluding hydrogens is 423 g/mol. The molecule has 0 atom stereocenters. The third kappa shape index (κ3) is 6.73. The summed E-state index contributed by atoms with van der Waals surface area (Å²) in [5.41, 5.74) is 1.32. The van der Waals surface area contributed by atoms with Gasteiger partial charge in [-0.15, -0.1) is 13.2 Å². The maximum Gasteiger partial charge on any atom is 0.573 e. The maximum atomic E-state index is 12.4. The van der Waals surface area contributed by atoms with E-state index in [1.807, 2.05) is 25.9 Å². The van der Waals surface area contributed by atoms with Crippen molar-refractivity contribution in [3.8, 4) is 5.75 Å². The molecule has 1 aliphatic rings. The minimum absolute atomic E-state index is 0.0424. The van der Waals surface area contributed by atoms with Gasteiger partial charge in [0.2, 0.25) is 5.95 Å². The summed E-state index contributed by atoms with van der Waals surface area (Å²) in [6.45, 7) is 2.73. The van der Waals surface area contributed by atoms with E-state index in [9.17, 15) is 18.0 Å². The van der Waals surface area contributed by atoms with Crippen LogP contribution in [-0.2, 0) is 0 Å². The number of aromatic nitrogens is 2. The van der Waals surface area contributed by atoms with Crippen LogP contribution in [0.3, 0.4) is 0 Å². The fourth-order valence-electron chi connectivity index (χ4n) is 3.79. The second kappa shape index (κ2) is 10.1. The van der Waals surface area contributed by atoms with Gasteiger partial charge in [-0.2, -0.15) is 4.98 Å². The molecule has 1 saturated carbocycles. The zero-order valence-electron chi connectivity index (χ0n) is 18.4. The van der Waals surface area contributed by atoms with E-state index in [1.54, 1.807) is 6.20 Å². The van der Waals surface area contributed by atoms with Gasteiger partial charge in [0.05, 0.1) is 0 Å². The molecule has 1 aromatic carbocycles. The van der Waals surface area contributed by atoms with Crippen molar-refractivity contribution in [2.45, 2.75) is 45.0 Å². The molecule has 3 rings (SSSR count). The Bertz CT molecular complexity index is 911. The molecule has 1 aromatic heterocycles. The van der Waals surface area contributed by atoms with Gasteiger partial charge >= 0.3 is 6.36 Å². The molecular formula is C22H28F3N5O2. The number of ether oxygens (including phenoxy) is 1. The van der Waals surface area contributed by atoms with Crippen LogP contribution in [0.5, 0.6) is 5.75 Å². The summed E-state index contributed by atoms with van der Waals surface area (Å²) in [5.74, 6) is 1.29. The fraction of sp³-hybridized carbons (Fsp3) is 0.500. The number of halogens is 3. The van der Waals surface area contributed by atoms with Crippen molar-refractivity contribution in [3.63, 3.8) is 0 Å². The Balaban J connectivity index is 1.44. The zero-order valence-corrected chi connectivity index (χ0v) is 18.4. The minimum atomic E-state index is -4.75. The predicted octanol–water partition coefficient (Wildman–Crippen LogP) is 4.15. The topological polar surface area (TPSA) is 79.4 Å². The smallest absolute Gasteiger partial charge is 0.406 e. The molecule has 7 nitrogen and oxygen atoms in total. The maximum absolute atomic E-state index is 12.4. The number of hydrogen-bond acceptors (Lipinski definition) is 6. The number of nitrogens with one attached hydrogen (secondary N) is 2. The number of amides is 1. The highest BCUT2D eigenvalue weighted by Crippen LogP contribution is 2.26. The summed E-state index contributed by atoms with van der Waals surface area (Å²) in [5, 5.41) is 6.28. The number of benzene rings is 1. The minimum Gasteiger partial charge on any atom is -0.406 e. The van der Waals surface area contributed by atoms with E-state index in [4.69, 9.17) is 0 Å². The van der Waals surface area contributed by atoms with Gasteiger partial charge in [-0.05, 0) is 62.8 Å². The summed E-state index contributed by atoms with van der Waals surface area (Å²) < 4.78 is 40.6. The molecule has 32 heavy (non-hydrogen) atoms. The summed E-state index contributed by atoms with van der Waals surface area (Å²) in [6.07, 6.45) is 0.623. The quantitative estimate of drug-likeness (QED) is 0.659. The van der Waals surface area contributed by atoms with Crippen LogP contribution in [0.25, 0.3) is 0 Å². The molecule has 0 bridgehead atoms. The average Bonchev–Trinajstić information content (AvgIpc) is 2.73. The van der Waals surface area contributed by atoms with Gasteiger partial charge < -0.3 is 20.3 Å². The van der Waals surface area contributed by atoms with Crippen molar-refractivity contribution in [1.29, 1.82) is 0 Å². The largest absolute Gasteiger partial charge is 0.573 e. The lowest BCUT2D eigenvalue weighted by molar-refractivity contribution is -0.274. The van der Waals surface area contributed by atoms with E-state index in [2.05, 4.69) is 25.3 Å². The first-order chi connectivity index (χ1) is 15.1. The fourth-order valence-corrected chi connectivity index (χ4v) is 3.79. The number of hydrogen-bond donors (Lipinski definition) is 2. The van der Waals surface area contributed by atoms with Crippen molar-refractivity contribution < 1.29 is 22.7 Å². The average molecular weight is 451 g/mol. The molecule has 1 fully saturated rings. The normalized spacial score (nSPS) is 18.7. The van der Waals surface area contributed by atoms with Crippen LogP contribution in [0.4, 0.5) is 24.9 Å². The molecule has 10 heteroatoms. The highest BCUT2D eigenvalue weighted by Gasteiger charge is 2.31. The van der Waals surface area contributed by atoms with E-state index in [0.717, 1.165) is 55.7 Å². The SMILES string of the molecule is Cc1cnc(NCC2CCC(NC(=O)c3ccc(OC(F)(F)F)cc3)CC2)nc1N(C)C. The highest BCUT2D eigenvalue weighted by atomic mass is 19.4. The van der Waals surface area contributed by atoms with E-state index >= 15 is 0 Å². The van der Waals surface area contributed by atoms with Crippen LogP contribution in [-0.4, -0.2) is 48.9 Å². The molecule has 0 unspecified atom stereocenters. The van der Waals surface area contributed by atoms with E-state index in [0.29, 0.717) is 17.4 Å². The van der Waals surface area contributed by atoms with Crippen LogP contribution in [0.2, 0.25) is 0 Å². The molecule has 0 spiro atoms. The second-order valence-electron chi connectivity index (χ2n) is 8.24. The number of alkyl halides is 3. The van der Waals surface area contributed by atoms with Gasteiger partial charge in [-0.1, -0.05) is 0 Å². The van der Waals surface area contributed by atoms with Gasteiger partial charge in [0.15, 0.2) is 0 Å². The van der Waals surface area contributed by atoms with E-state index in [-0.39, 0.29) is 17.7 Å². The first-order valence-corrected chi connectivity index (χ1v) is 10.5. The van der Waals surface area contributed by atoms with Crippen LogP contribution < -0.4 is 20.3 Å². The summed E-state index contributed by atoms with van der Waals surface area (Å²) >= 11 is 0. The van der Waals surface area contributed by atoms with Gasteiger partial charge in [0, 0.05) is 44.0 Å². The molecule has 1 amide bonds. The third-order valence-corrected chi connectivity index (χ3v) is 5.45. The molecule has 0 radical (unpaired) electrons. The number of anilines is 2. The van der Waals surface area contributed by atoms with Crippen molar-refractivity contribution in [2.24, 2.45) is 5.92 Å². The van der Waals surface area contributed by atoms with Crippen LogP contribution in [0.1, 0.15) is 41.6 Å². The van der Waals surface area contributed by atoms with Gasteiger partial charge in [-0.25, -0.2) is 4.98 Å². The number of nitrogens with zero attached hydrogens (tertiary/aromatic N) is 3. The molecule has 1 aliphatic carbocycles. The monoisotopic (exact) mass is 451 g/mol. The van der Waals surface area contributed by atoms with Crippen molar-refractivity contribution >= 4 is 17.7 Å². The zero-order chi connectivity index (χ0) is 23.3. The Hall–Kier alpha value is -3.04. The second-order valence-corrected chi connectivity index (χ2v) is 8.24. The molecule has 2 N–H and O–H groups in total. The van der Waals surface area contributed by atoms with Crippen LogP contribution in [0, 0.1) is 12.8 Å². The lowest BCUT2D eigenvalue weighted by atomic mass is 9.86. The molecule has 1 heterocycles. The van der Waals surface area contributed by atoms with Gasteiger partial charge in [-0.3, -0.25) is 4.79 Å². The van der Waals surface area contributed by atoms with Crippen LogP contribution >= 0.6 is 0 Å². The van der Waals surface area contributed by atoms with E-state index in [1.165, 1.54) is 12.1 Å². The Labute approximate surface area is 185 Å². The van der Waals surface area contributed by atoms with Crippen molar-refractivity contribution in [1.82, 2.24) is 15.3 Å². The lowest BCUT2D eigenvalue weighted by Crippen LogP contribution is -2.38. The molecule has 0 saturated heterocycles. The lowest BCUT2D eigenvalue weighted by Gasteiger charge is -2.29.